The SMILES string of the molecule is COc1ccc(NCc2cncnc2)cc1C. The van der Waals surface area contributed by atoms with E-state index in [9.17, 15) is 0 Å². The molecule has 0 atom stereocenters. The first-order chi connectivity index (χ1) is 8.29. The highest BCUT2D eigenvalue weighted by molar-refractivity contribution is 5.50. The summed E-state index contributed by atoms with van der Waals surface area (Å²) in [6.45, 7) is 2.74. The number of hydrogen-bond donors (Lipinski definition) is 1. The lowest BCUT2D eigenvalue weighted by atomic mass is 10.2. The zero-order valence-corrected chi connectivity index (χ0v) is 9.97. The van der Waals surface area contributed by atoms with E-state index in [-0.39, 0.29) is 0 Å². The quantitative estimate of drug-likeness (QED) is 0.874. The Morgan fingerprint density at radius 3 is 2.65 bits per heavy atom. The van der Waals surface area contributed by atoms with Crippen molar-refractivity contribution in [2.75, 3.05) is 12.4 Å². The number of rotatable bonds is 4. The van der Waals surface area contributed by atoms with Gasteiger partial charge in [0.25, 0.3) is 0 Å². The van der Waals surface area contributed by atoms with Crippen LogP contribution in [0.4, 0.5) is 5.69 Å². The maximum atomic E-state index is 5.21. The van der Waals surface area contributed by atoms with Gasteiger partial charge in [-0.15, -0.1) is 0 Å². The van der Waals surface area contributed by atoms with Crippen molar-refractivity contribution in [1.82, 2.24) is 9.97 Å². The minimum Gasteiger partial charge on any atom is -0.496 e. The highest BCUT2D eigenvalue weighted by atomic mass is 16.5. The van der Waals surface area contributed by atoms with Crippen LogP contribution in [-0.2, 0) is 6.54 Å². The number of aryl methyl sites for hydroxylation is 1. The number of methoxy groups -OCH3 is 1. The standard InChI is InChI=1S/C13H15N3O/c1-10-5-12(3-4-13(10)17-2)16-8-11-6-14-9-15-7-11/h3-7,9,16H,8H2,1-2H3. The third kappa shape index (κ3) is 2.93. The second kappa shape index (κ2) is 5.30. The Balaban J connectivity index is 2.02. The molecule has 1 aromatic heterocycles. The summed E-state index contributed by atoms with van der Waals surface area (Å²) in [6, 6.07) is 6.01. The van der Waals surface area contributed by atoms with Crippen LogP contribution < -0.4 is 10.1 Å². The normalized spacial score (nSPS) is 10.0. The van der Waals surface area contributed by atoms with Gasteiger partial charge < -0.3 is 10.1 Å². The molecule has 2 aromatic rings. The molecular formula is C13H15N3O. The highest BCUT2D eigenvalue weighted by Gasteiger charge is 1.99. The molecule has 0 spiro atoms. The maximum Gasteiger partial charge on any atom is 0.121 e. The predicted octanol–water partition coefficient (Wildman–Crippen LogP) is 2.41. The van der Waals surface area contributed by atoms with E-state index in [0.29, 0.717) is 6.54 Å². The number of nitrogens with one attached hydrogen (secondary N) is 1. The van der Waals surface area contributed by atoms with Crippen LogP contribution in [0.5, 0.6) is 5.75 Å². The summed E-state index contributed by atoms with van der Waals surface area (Å²) < 4.78 is 5.21. The topological polar surface area (TPSA) is 47.0 Å². The van der Waals surface area contributed by atoms with Crippen LogP contribution in [-0.4, -0.2) is 17.1 Å². The second-order valence-electron chi connectivity index (χ2n) is 3.78. The van der Waals surface area contributed by atoms with Gasteiger partial charge in [-0.2, -0.15) is 0 Å². The summed E-state index contributed by atoms with van der Waals surface area (Å²) >= 11 is 0. The van der Waals surface area contributed by atoms with Crippen molar-refractivity contribution in [2.45, 2.75) is 13.5 Å². The Morgan fingerprint density at radius 2 is 2.00 bits per heavy atom. The lowest BCUT2D eigenvalue weighted by molar-refractivity contribution is 0.412. The summed E-state index contributed by atoms with van der Waals surface area (Å²) in [5.74, 6) is 0.901. The first-order valence-corrected chi connectivity index (χ1v) is 5.42. The summed E-state index contributed by atoms with van der Waals surface area (Å²) in [5, 5.41) is 3.32. The molecule has 0 radical (unpaired) electrons. The van der Waals surface area contributed by atoms with E-state index in [1.165, 1.54) is 6.33 Å². The Hall–Kier alpha value is -2.10. The zero-order valence-electron chi connectivity index (χ0n) is 9.97. The summed E-state index contributed by atoms with van der Waals surface area (Å²) in [4.78, 5) is 7.94. The molecule has 0 saturated heterocycles. The number of hydrogen-bond acceptors (Lipinski definition) is 4. The molecule has 1 aromatic carbocycles. The number of benzene rings is 1. The van der Waals surface area contributed by atoms with Gasteiger partial charge in [0.15, 0.2) is 0 Å². The van der Waals surface area contributed by atoms with Gasteiger partial charge in [-0.3, -0.25) is 0 Å². The zero-order chi connectivity index (χ0) is 12.1. The predicted molar refractivity (Wildman–Crippen MR) is 67.1 cm³/mol. The van der Waals surface area contributed by atoms with Crippen LogP contribution in [0.2, 0.25) is 0 Å². The molecule has 0 aliphatic heterocycles. The van der Waals surface area contributed by atoms with Crippen molar-refractivity contribution in [3.8, 4) is 5.75 Å². The van der Waals surface area contributed by atoms with E-state index in [1.54, 1.807) is 19.5 Å². The first-order valence-electron chi connectivity index (χ1n) is 5.42. The Labute approximate surface area is 101 Å². The van der Waals surface area contributed by atoms with E-state index < -0.39 is 0 Å². The van der Waals surface area contributed by atoms with Gasteiger partial charge in [0, 0.05) is 30.2 Å². The molecular weight excluding hydrogens is 214 g/mol. The molecule has 2 rings (SSSR count). The number of nitrogens with zero attached hydrogens (tertiary/aromatic N) is 2. The minimum absolute atomic E-state index is 0.715. The number of aromatic nitrogens is 2. The largest absolute Gasteiger partial charge is 0.496 e. The molecule has 4 heteroatoms. The first kappa shape index (κ1) is 11.4. The van der Waals surface area contributed by atoms with Crippen LogP contribution in [0.3, 0.4) is 0 Å². The van der Waals surface area contributed by atoms with Crippen LogP contribution in [0.25, 0.3) is 0 Å². The van der Waals surface area contributed by atoms with E-state index in [2.05, 4.69) is 21.4 Å². The molecule has 0 aliphatic rings. The smallest absolute Gasteiger partial charge is 0.121 e. The lowest BCUT2D eigenvalue weighted by Crippen LogP contribution is -2.00. The van der Waals surface area contributed by atoms with Crippen LogP contribution >= 0.6 is 0 Å². The van der Waals surface area contributed by atoms with E-state index >= 15 is 0 Å². The fourth-order valence-electron chi connectivity index (χ4n) is 1.61. The Morgan fingerprint density at radius 1 is 1.24 bits per heavy atom. The molecule has 17 heavy (non-hydrogen) atoms. The average Bonchev–Trinajstić information content (AvgIpc) is 2.38. The van der Waals surface area contributed by atoms with Gasteiger partial charge in [0.05, 0.1) is 7.11 Å². The van der Waals surface area contributed by atoms with Crippen molar-refractivity contribution in [3.63, 3.8) is 0 Å². The van der Waals surface area contributed by atoms with Gasteiger partial charge in [-0.25, -0.2) is 9.97 Å². The molecule has 1 N–H and O–H groups in total. The Kier molecular flexibility index (Phi) is 3.55. The molecule has 0 fully saturated rings. The molecule has 1 heterocycles. The van der Waals surface area contributed by atoms with Crippen LogP contribution in [0.15, 0.2) is 36.9 Å². The van der Waals surface area contributed by atoms with Gasteiger partial charge in [0.2, 0.25) is 0 Å². The highest BCUT2D eigenvalue weighted by Crippen LogP contribution is 2.21. The van der Waals surface area contributed by atoms with Crippen molar-refractivity contribution in [3.05, 3.63) is 48.0 Å². The van der Waals surface area contributed by atoms with Crippen LogP contribution in [0.1, 0.15) is 11.1 Å². The van der Waals surface area contributed by atoms with E-state index in [0.717, 1.165) is 22.6 Å². The lowest BCUT2D eigenvalue weighted by Gasteiger charge is -2.09. The monoisotopic (exact) mass is 229 g/mol. The molecule has 0 saturated carbocycles. The molecule has 0 unspecified atom stereocenters. The maximum absolute atomic E-state index is 5.21. The summed E-state index contributed by atoms with van der Waals surface area (Å²) in [7, 11) is 1.68. The van der Waals surface area contributed by atoms with E-state index in [4.69, 9.17) is 4.74 Å². The fraction of sp³-hybridized carbons (Fsp3) is 0.231. The van der Waals surface area contributed by atoms with Gasteiger partial charge >= 0.3 is 0 Å². The molecule has 0 bridgehead atoms. The number of ether oxygens (including phenoxy) is 1. The molecule has 88 valence electrons. The third-order valence-corrected chi connectivity index (χ3v) is 2.51. The number of anilines is 1. The average molecular weight is 229 g/mol. The van der Waals surface area contributed by atoms with Crippen molar-refractivity contribution < 1.29 is 4.74 Å². The van der Waals surface area contributed by atoms with E-state index in [1.807, 2.05) is 19.1 Å². The third-order valence-electron chi connectivity index (χ3n) is 2.51. The van der Waals surface area contributed by atoms with Gasteiger partial charge in [-0.1, -0.05) is 0 Å². The van der Waals surface area contributed by atoms with Gasteiger partial charge in [0.1, 0.15) is 12.1 Å². The molecule has 0 aliphatic carbocycles. The Bertz CT molecular complexity index is 485. The summed E-state index contributed by atoms with van der Waals surface area (Å²) in [5.41, 5.74) is 3.23. The van der Waals surface area contributed by atoms with Crippen molar-refractivity contribution in [1.29, 1.82) is 0 Å². The fourth-order valence-corrected chi connectivity index (χ4v) is 1.61. The van der Waals surface area contributed by atoms with Crippen molar-refractivity contribution >= 4 is 5.69 Å². The summed E-state index contributed by atoms with van der Waals surface area (Å²) in [6.07, 6.45) is 5.13. The van der Waals surface area contributed by atoms with Crippen molar-refractivity contribution in [2.24, 2.45) is 0 Å². The second-order valence-corrected chi connectivity index (χ2v) is 3.78. The molecule has 4 nitrogen and oxygen atoms in total. The van der Waals surface area contributed by atoms with Gasteiger partial charge in [-0.05, 0) is 30.7 Å². The molecule has 0 amide bonds. The minimum atomic E-state index is 0.715. The van der Waals surface area contributed by atoms with Crippen LogP contribution in [0, 0.1) is 6.92 Å².